The van der Waals surface area contributed by atoms with Crippen molar-refractivity contribution in [2.75, 3.05) is 11.9 Å². The van der Waals surface area contributed by atoms with Gasteiger partial charge in [0.2, 0.25) is 0 Å². The van der Waals surface area contributed by atoms with Crippen LogP contribution in [0.3, 0.4) is 0 Å². The Balaban J connectivity index is 1.85. The second-order valence-corrected chi connectivity index (χ2v) is 6.83. The van der Waals surface area contributed by atoms with Crippen LogP contribution in [-0.4, -0.2) is 22.0 Å². The van der Waals surface area contributed by atoms with E-state index in [0.29, 0.717) is 17.5 Å². The number of urea groups is 1. The summed E-state index contributed by atoms with van der Waals surface area (Å²) in [4.78, 5) is 14.8. The third kappa shape index (κ3) is 3.08. The lowest BCUT2D eigenvalue weighted by atomic mass is 9.97. The van der Waals surface area contributed by atoms with Gasteiger partial charge in [0.1, 0.15) is 0 Å². The Hall–Kier alpha value is -1.94. The van der Waals surface area contributed by atoms with Crippen molar-refractivity contribution < 1.29 is 4.79 Å². The number of nitrogens with zero attached hydrogens (tertiary/aromatic N) is 2. The SMILES string of the molecule is Cc1ccc(Cl)cc1NC(=O)N1CCn2cccc2C1C(C)C. The molecule has 0 fully saturated rings. The van der Waals surface area contributed by atoms with Crippen LogP contribution in [0.1, 0.15) is 31.1 Å². The summed E-state index contributed by atoms with van der Waals surface area (Å²) in [5.74, 6) is 0.343. The van der Waals surface area contributed by atoms with Gasteiger partial charge in [-0.1, -0.05) is 31.5 Å². The zero-order valence-electron chi connectivity index (χ0n) is 13.7. The van der Waals surface area contributed by atoms with Gasteiger partial charge < -0.3 is 14.8 Å². The maximum absolute atomic E-state index is 12.8. The van der Waals surface area contributed by atoms with Crippen molar-refractivity contribution in [1.82, 2.24) is 9.47 Å². The smallest absolute Gasteiger partial charge is 0.322 e. The Bertz CT molecular complexity index is 723. The van der Waals surface area contributed by atoms with Crippen molar-refractivity contribution in [3.05, 3.63) is 52.8 Å². The fourth-order valence-corrected chi connectivity index (χ4v) is 3.43. The second kappa shape index (κ2) is 6.28. The lowest BCUT2D eigenvalue weighted by Gasteiger charge is -2.39. The van der Waals surface area contributed by atoms with Crippen LogP contribution in [0.4, 0.5) is 10.5 Å². The van der Waals surface area contributed by atoms with E-state index in [1.165, 1.54) is 5.69 Å². The molecule has 0 spiro atoms. The molecule has 0 saturated heterocycles. The molecule has 2 aromatic rings. The van der Waals surface area contributed by atoms with Crippen molar-refractivity contribution in [2.24, 2.45) is 5.92 Å². The molecule has 0 aliphatic carbocycles. The Labute approximate surface area is 142 Å². The number of benzene rings is 1. The lowest BCUT2D eigenvalue weighted by molar-refractivity contribution is 0.144. The summed E-state index contributed by atoms with van der Waals surface area (Å²) in [6, 6.07) is 9.71. The molecule has 1 aliphatic heterocycles. The van der Waals surface area contributed by atoms with E-state index >= 15 is 0 Å². The number of amides is 2. The number of halogens is 1. The Morgan fingerprint density at radius 3 is 2.83 bits per heavy atom. The normalized spacial score (nSPS) is 17.3. The number of fused-ring (bicyclic) bond motifs is 1. The number of nitrogens with one attached hydrogen (secondary N) is 1. The van der Waals surface area contributed by atoms with Gasteiger partial charge in [-0.05, 0) is 42.7 Å². The monoisotopic (exact) mass is 331 g/mol. The molecule has 1 unspecified atom stereocenters. The van der Waals surface area contributed by atoms with Gasteiger partial charge in [0.05, 0.1) is 6.04 Å². The standard InChI is InChI=1S/C18H22ClN3O/c1-12(2)17-16-5-4-8-21(16)9-10-22(17)18(23)20-15-11-14(19)7-6-13(15)3/h4-8,11-12,17H,9-10H2,1-3H3,(H,20,23). The third-order valence-electron chi connectivity index (χ3n) is 4.42. The molecule has 122 valence electrons. The van der Waals surface area contributed by atoms with E-state index in [-0.39, 0.29) is 12.1 Å². The largest absolute Gasteiger partial charge is 0.348 e. The number of aromatic nitrogens is 1. The fourth-order valence-electron chi connectivity index (χ4n) is 3.26. The molecular weight excluding hydrogens is 310 g/mol. The van der Waals surface area contributed by atoms with Gasteiger partial charge in [-0.15, -0.1) is 0 Å². The summed E-state index contributed by atoms with van der Waals surface area (Å²) in [6.07, 6.45) is 2.08. The predicted octanol–water partition coefficient (Wildman–Crippen LogP) is 4.69. The molecule has 1 N–H and O–H groups in total. The van der Waals surface area contributed by atoms with Crippen LogP contribution < -0.4 is 5.32 Å². The van der Waals surface area contributed by atoms with Gasteiger partial charge in [0, 0.05) is 35.7 Å². The van der Waals surface area contributed by atoms with E-state index in [1.807, 2.05) is 30.0 Å². The first-order chi connectivity index (χ1) is 11.0. The van der Waals surface area contributed by atoms with Gasteiger partial charge in [0.25, 0.3) is 0 Å². The Kier molecular flexibility index (Phi) is 4.35. The molecule has 0 saturated carbocycles. The molecule has 1 aromatic carbocycles. The topological polar surface area (TPSA) is 37.3 Å². The van der Waals surface area contributed by atoms with E-state index in [9.17, 15) is 4.79 Å². The predicted molar refractivity (Wildman–Crippen MR) is 93.9 cm³/mol. The fraction of sp³-hybridized carbons (Fsp3) is 0.389. The summed E-state index contributed by atoms with van der Waals surface area (Å²) < 4.78 is 2.24. The molecule has 2 amide bonds. The van der Waals surface area contributed by atoms with Crippen LogP contribution in [0.15, 0.2) is 36.5 Å². The molecule has 3 rings (SSSR count). The number of anilines is 1. The number of aryl methyl sites for hydroxylation is 1. The highest BCUT2D eigenvalue weighted by atomic mass is 35.5. The Morgan fingerprint density at radius 2 is 2.09 bits per heavy atom. The van der Waals surface area contributed by atoms with Crippen molar-refractivity contribution >= 4 is 23.3 Å². The summed E-state index contributed by atoms with van der Waals surface area (Å²) in [6.45, 7) is 7.80. The third-order valence-corrected chi connectivity index (χ3v) is 4.65. The summed E-state index contributed by atoms with van der Waals surface area (Å²) in [5, 5.41) is 3.65. The average molecular weight is 332 g/mol. The minimum Gasteiger partial charge on any atom is -0.348 e. The van der Waals surface area contributed by atoms with E-state index in [4.69, 9.17) is 11.6 Å². The van der Waals surface area contributed by atoms with E-state index in [0.717, 1.165) is 17.8 Å². The van der Waals surface area contributed by atoms with E-state index < -0.39 is 0 Å². The zero-order valence-corrected chi connectivity index (χ0v) is 14.5. The molecule has 2 heterocycles. The number of rotatable bonds is 2. The highest BCUT2D eigenvalue weighted by Crippen LogP contribution is 2.33. The lowest BCUT2D eigenvalue weighted by Crippen LogP contribution is -2.45. The number of hydrogen-bond acceptors (Lipinski definition) is 1. The maximum atomic E-state index is 12.8. The minimum absolute atomic E-state index is 0.0680. The van der Waals surface area contributed by atoms with Crippen LogP contribution >= 0.6 is 11.6 Å². The van der Waals surface area contributed by atoms with Crippen LogP contribution in [0.25, 0.3) is 0 Å². The van der Waals surface area contributed by atoms with Crippen molar-refractivity contribution in [3.63, 3.8) is 0 Å². The summed E-state index contributed by atoms with van der Waals surface area (Å²) in [5.41, 5.74) is 2.97. The molecule has 0 bridgehead atoms. The molecule has 5 heteroatoms. The zero-order chi connectivity index (χ0) is 16.6. The number of hydrogen-bond donors (Lipinski definition) is 1. The molecule has 1 atom stereocenters. The van der Waals surface area contributed by atoms with E-state index in [1.54, 1.807) is 6.07 Å². The first-order valence-electron chi connectivity index (χ1n) is 7.96. The molecule has 1 aliphatic rings. The Morgan fingerprint density at radius 1 is 1.30 bits per heavy atom. The molecular formula is C18H22ClN3O. The van der Waals surface area contributed by atoms with Gasteiger partial charge in [-0.3, -0.25) is 0 Å². The van der Waals surface area contributed by atoms with Crippen LogP contribution in [0.2, 0.25) is 5.02 Å². The first-order valence-corrected chi connectivity index (χ1v) is 8.34. The maximum Gasteiger partial charge on any atom is 0.322 e. The minimum atomic E-state index is -0.0680. The van der Waals surface area contributed by atoms with Crippen molar-refractivity contribution in [2.45, 2.75) is 33.4 Å². The number of carbonyl (C=O) groups excluding carboxylic acids is 1. The molecule has 23 heavy (non-hydrogen) atoms. The van der Waals surface area contributed by atoms with Crippen molar-refractivity contribution in [1.29, 1.82) is 0 Å². The second-order valence-electron chi connectivity index (χ2n) is 6.40. The number of carbonyl (C=O) groups is 1. The van der Waals surface area contributed by atoms with Gasteiger partial charge in [-0.2, -0.15) is 0 Å². The summed E-state index contributed by atoms with van der Waals surface area (Å²) in [7, 11) is 0. The average Bonchev–Trinajstić information content (AvgIpc) is 2.98. The first kappa shape index (κ1) is 15.9. The van der Waals surface area contributed by atoms with Gasteiger partial charge in [-0.25, -0.2) is 4.79 Å². The van der Waals surface area contributed by atoms with E-state index in [2.05, 4.69) is 36.0 Å². The highest BCUT2D eigenvalue weighted by molar-refractivity contribution is 6.31. The van der Waals surface area contributed by atoms with Crippen LogP contribution in [0.5, 0.6) is 0 Å². The van der Waals surface area contributed by atoms with Crippen molar-refractivity contribution in [3.8, 4) is 0 Å². The quantitative estimate of drug-likeness (QED) is 0.851. The molecule has 4 nitrogen and oxygen atoms in total. The van der Waals surface area contributed by atoms with Crippen LogP contribution in [0, 0.1) is 12.8 Å². The van der Waals surface area contributed by atoms with Gasteiger partial charge in [0.15, 0.2) is 0 Å². The summed E-state index contributed by atoms with van der Waals surface area (Å²) >= 11 is 6.05. The van der Waals surface area contributed by atoms with Gasteiger partial charge >= 0.3 is 6.03 Å². The highest BCUT2D eigenvalue weighted by Gasteiger charge is 2.33. The molecule has 0 radical (unpaired) electrons. The molecule has 1 aromatic heterocycles. The van der Waals surface area contributed by atoms with Crippen LogP contribution in [-0.2, 0) is 6.54 Å².